The maximum atomic E-state index is 12.6. The Hall–Kier alpha value is -2.60. The lowest BCUT2D eigenvalue weighted by Crippen LogP contribution is -2.44. The second-order valence-electron chi connectivity index (χ2n) is 6.37. The molecular formula is C19H23N3O3. The number of benzene rings is 1. The fourth-order valence-corrected chi connectivity index (χ4v) is 3.27. The lowest BCUT2D eigenvalue weighted by molar-refractivity contribution is 0.0907. The normalized spacial score (nSPS) is 20.0. The molecule has 2 aromatic rings. The van der Waals surface area contributed by atoms with Crippen molar-refractivity contribution in [3.8, 4) is 0 Å². The van der Waals surface area contributed by atoms with E-state index < -0.39 is 0 Å². The van der Waals surface area contributed by atoms with Crippen LogP contribution in [-0.2, 0) is 0 Å². The van der Waals surface area contributed by atoms with Crippen LogP contribution in [0.5, 0.6) is 0 Å². The molecule has 2 unspecified atom stereocenters. The van der Waals surface area contributed by atoms with Gasteiger partial charge in [-0.25, -0.2) is 0 Å². The van der Waals surface area contributed by atoms with Gasteiger partial charge in [0.15, 0.2) is 5.76 Å². The van der Waals surface area contributed by atoms with Crippen LogP contribution in [0.1, 0.15) is 46.6 Å². The molecule has 0 radical (unpaired) electrons. The van der Waals surface area contributed by atoms with Crippen LogP contribution in [0, 0.1) is 5.92 Å². The van der Waals surface area contributed by atoms with Gasteiger partial charge in [-0.1, -0.05) is 18.9 Å². The van der Waals surface area contributed by atoms with E-state index in [1.165, 1.54) is 12.7 Å². The highest BCUT2D eigenvalue weighted by Crippen LogP contribution is 2.24. The molecule has 0 saturated heterocycles. The maximum absolute atomic E-state index is 12.6. The van der Waals surface area contributed by atoms with Gasteiger partial charge < -0.3 is 20.8 Å². The van der Waals surface area contributed by atoms with Gasteiger partial charge in [0.05, 0.1) is 6.26 Å². The number of hydrogen-bond acceptors (Lipinski definition) is 4. The number of anilines is 1. The van der Waals surface area contributed by atoms with Crippen LogP contribution in [0.4, 0.5) is 5.69 Å². The van der Waals surface area contributed by atoms with Crippen molar-refractivity contribution in [1.29, 1.82) is 0 Å². The van der Waals surface area contributed by atoms with Crippen molar-refractivity contribution >= 4 is 17.5 Å². The Labute approximate surface area is 146 Å². The summed E-state index contributed by atoms with van der Waals surface area (Å²) in [5.74, 6) is 0.0693. The molecule has 3 rings (SSSR count). The van der Waals surface area contributed by atoms with Crippen LogP contribution in [0.2, 0.25) is 0 Å². The van der Waals surface area contributed by atoms with E-state index in [0.29, 0.717) is 23.7 Å². The maximum Gasteiger partial charge on any atom is 0.291 e. The molecule has 1 fully saturated rings. The SMILES string of the molecule is NCC1CCCCC1NC(=O)c1cccc(NC(=O)c2ccco2)c1. The quantitative estimate of drug-likeness (QED) is 0.779. The van der Waals surface area contributed by atoms with Crippen LogP contribution >= 0.6 is 0 Å². The zero-order chi connectivity index (χ0) is 17.6. The van der Waals surface area contributed by atoms with Crippen molar-refractivity contribution in [2.24, 2.45) is 11.7 Å². The Kier molecular flexibility index (Phi) is 5.50. The Morgan fingerprint density at radius 2 is 1.96 bits per heavy atom. The van der Waals surface area contributed by atoms with E-state index in [9.17, 15) is 9.59 Å². The Bertz CT molecular complexity index is 727. The van der Waals surface area contributed by atoms with Crippen molar-refractivity contribution in [1.82, 2.24) is 5.32 Å². The third-order valence-electron chi connectivity index (χ3n) is 4.66. The molecule has 1 aliphatic carbocycles. The summed E-state index contributed by atoms with van der Waals surface area (Å²) in [5, 5.41) is 5.82. The van der Waals surface area contributed by atoms with Crippen molar-refractivity contribution in [2.45, 2.75) is 31.7 Å². The summed E-state index contributed by atoms with van der Waals surface area (Å²) in [6.45, 7) is 0.587. The molecule has 0 spiro atoms. The van der Waals surface area contributed by atoms with Gasteiger partial charge in [-0.3, -0.25) is 9.59 Å². The molecule has 25 heavy (non-hydrogen) atoms. The van der Waals surface area contributed by atoms with E-state index in [4.69, 9.17) is 10.2 Å². The molecule has 2 atom stereocenters. The zero-order valence-electron chi connectivity index (χ0n) is 14.0. The largest absolute Gasteiger partial charge is 0.459 e. The van der Waals surface area contributed by atoms with Crippen molar-refractivity contribution in [3.05, 3.63) is 54.0 Å². The summed E-state index contributed by atoms with van der Waals surface area (Å²) in [4.78, 5) is 24.6. The highest BCUT2D eigenvalue weighted by Gasteiger charge is 2.25. The molecule has 4 N–H and O–H groups in total. The van der Waals surface area contributed by atoms with Crippen molar-refractivity contribution in [3.63, 3.8) is 0 Å². The lowest BCUT2D eigenvalue weighted by atomic mass is 9.84. The minimum Gasteiger partial charge on any atom is -0.459 e. The number of carbonyl (C=O) groups excluding carboxylic acids is 2. The van der Waals surface area contributed by atoms with Gasteiger partial charge in [-0.05, 0) is 55.6 Å². The van der Waals surface area contributed by atoms with E-state index in [-0.39, 0.29) is 23.6 Å². The van der Waals surface area contributed by atoms with Crippen LogP contribution in [0.25, 0.3) is 0 Å². The molecule has 0 bridgehead atoms. The van der Waals surface area contributed by atoms with Gasteiger partial charge >= 0.3 is 0 Å². The monoisotopic (exact) mass is 341 g/mol. The Morgan fingerprint density at radius 1 is 1.12 bits per heavy atom. The van der Waals surface area contributed by atoms with Crippen molar-refractivity contribution < 1.29 is 14.0 Å². The predicted octanol–water partition coefficient (Wildman–Crippen LogP) is 2.78. The van der Waals surface area contributed by atoms with Gasteiger partial charge in [-0.2, -0.15) is 0 Å². The predicted molar refractivity (Wildman–Crippen MR) is 95.4 cm³/mol. The first-order valence-electron chi connectivity index (χ1n) is 8.63. The van der Waals surface area contributed by atoms with Crippen LogP contribution in [0.15, 0.2) is 47.1 Å². The number of rotatable bonds is 5. The molecule has 1 aromatic carbocycles. The number of carbonyl (C=O) groups is 2. The van der Waals surface area contributed by atoms with E-state index in [2.05, 4.69) is 10.6 Å². The number of amides is 2. The van der Waals surface area contributed by atoms with Gasteiger partial charge in [0.25, 0.3) is 11.8 Å². The van der Waals surface area contributed by atoms with Crippen LogP contribution in [-0.4, -0.2) is 24.4 Å². The summed E-state index contributed by atoms with van der Waals surface area (Å²) >= 11 is 0. The fraction of sp³-hybridized carbons (Fsp3) is 0.368. The van der Waals surface area contributed by atoms with Gasteiger partial charge in [-0.15, -0.1) is 0 Å². The first kappa shape index (κ1) is 17.2. The molecule has 6 heteroatoms. The van der Waals surface area contributed by atoms with E-state index in [1.54, 1.807) is 36.4 Å². The van der Waals surface area contributed by atoms with Crippen LogP contribution < -0.4 is 16.4 Å². The van der Waals surface area contributed by atoms with Crippen LogP contribution in [0.3, 0.4) is 0 Å². The van der Waals surface area contributed by atoms with E-state index in [1.807, 2.05) is 0 Å². The highest BCUT2D eigenvalue weighted by atomic mass is 16.3. The number of hydrogen-bond donors (Lipinski definition) is 3. The molecule has 1 saturated carbocycles. The van der Waals surface area contributed by atoms with Crippen molar-refractivity contribution in [2.75, 3.05) is 11.9 Å². The summed E-state index contributed by atoms with van der Waals surface area (Å²) in [6.07, 6.45) is 5.74. The molecule has 1 aromatic heterocycles. The number of nitrogens with one attached hydrogen (secondary N) is 2. The summed E-state index contributed by atoms with van der Waals surface area (Å²) in [5.41, 5.74) is 6.89. The standard InChI is InChI=1S/C19H23N3O3/c20-12-14-5-1-2-8-16(14)22-18(23)13-6-3-7-15(11-13)21-19(24)17-9-4-10-25-17/h3-4,6-7,9-11,14,16H,1-2,5,8,12,20H2,(H,21,24)(H,22,23). The average molecular weight is 341 g/mol. The van der Waals surface area contributed by atoms with E-state index >= 15 is 0 Å². The van der Waals surface area contributed by atoms with Gasteiger partial charge in [0.1, 0.15) is 0 Å². The molecule has 1 heterocycles. The molecular weight excluding hydrogens is 318 g/mol. The van der Waals surface area contributed by atoms with Gasteiger partial charge in [0.2, 0.25) is 0 Å². The first-order valence-corrected chi connectivity index (χ1v) is 8.63. The lowest BCUT2D eigenvalue weighted by Gasteiger charge is -2.31. The summed E-state index contributed by atoms with van der Waals surface area (Å²) in [6, 6.07) is 10.2. The summed E-state index contributed by atoms with van der Waals surface area (Å²) in [7, 11) is 0. The molecule has 6 nitrogen and oxygen atoms in total. The molecule has 0 aliphatic heterocycles. The first-order chi connectivity index (χ1) is 12.2. The minimum absolute atomic E-state index is 0.118. The second kappa shape index (κ2) is 7.98. The smallest absolute Gasteiger partial charge is 0.291 e. The zero-order valence-corrected chi connectivity index (χ0v) is 14.0. The van der Waals surface area contributed by atoms with E-state index in [0.717, 1.165) is 19.3 Å². The topological polar surface area (TPSA) is 97.4 Å². The molecule has 132 valence electrons. The molecule has 1 aliphatic rings. The number of furan rings is 1. The number of nitrogens with two attached hydrogens (primary N) is 1. The summed E-state index contributed by atoms with van der Waals surface area (Å²) < 4.78 is 5.07. The third kappa shape index (κ3) is 4.28. The third-order valence-corrected chi connectivity index (χ3v) is 4.66. The average Bonchev–Trinajstić information content (AvgIpc) is 3.17. The Balaban J connectivity index is 1.66. The highest BCUT2D eigenvalue weighted by molar-refractivity contribution is 6.03. The Morgan fingerprint density at radius 3 is 2.72 bits per heavy atom. The van der Waals surface area contributed by atoms with Gasteiger partial charge in [0, 0.05) is 17.3 Å². The minimum atomic E-state index is -0.349. The second-order valence-corrected chi connectivity index (χ2v) is 6.37. The molecule has 2 amide bonds. The fourth-order valence-electron chi connectivity index (χ4n) is 3.27.